The largest absolute Gasteiger partial charge is 0.476 e. The van der Waals surface area contributed by atoms with Crippen molar-refractivity contribution in [1.29, 1.82) is 0 Å². The molecule has 1 aromatic carbocycles. The predicted molar refractivity (Wildman–Crippen MR) is 103 cm³/mol. The van der Waals surface area contributed by atoms with E-state index >= 15 is 0 Å². The van der Waals surface area contributed by atoms with Crippen molar-refractivity contribution in [2.45, 2.75) is 58.6 Å². The van der Waals surface area contributed by atoms with Gasteiger partial charge in [0.1, 0.15) is 12.3 Å². The van der Waals surface area contributed by atoms with Crippen LogP contribution in [0.2, 0.25) is 0 Å². The molecular formula is C20H31N3O3. The summed E-state index contributed by atoms with van der Waals surface area (Å²) in [7, 11) is 1.78. The highest BCUT2D eigenvalue weighted by Gasteiger charge is 2.42. The van der Waals surface area contributed by atoms with E-state index in [4.69, 9.17) is 10.5 Å². The van der Waals surface area contributed by atoms with E-state index in [-0.39, 0.29) is 24.4 Å². The van der Waals surface area contributed by atoms with Gasteiger partial charge in [-0.1, -0.05) is 26.3 Å². The predicted octanol–water partition coefficient (Wildman–Crippen LogP) is 2.86. The van der Waals surface area contributed by atoms with Gasteiger partial charge in [0.15, 0.2) is 5.60 Å². The molecule has 0 spiro atoms. The van der Waals surface area contributed by atoms with Gasteiger partial charge in [-0.15, -0.1) is 0 Å². The second-order valence-corrected chi connectivity index (χ2v) is 7.41. The molecule has 0 bridgehead atoms. The van der Waals surface area contributed by atoms with Gasteiger partial charge in [-0.05, 0) is 44.4 Å². The fraction of sp³-hybridized carbons (Fsp3) is 0.600. The lowest BCUT2D eigenvalue weighted by molar-refractivity contribution is -0.136. The fourth-order valence-electron chi connectivity index (χ4n) is 2.98. The first kappa shape index (κ1) is 20.2. The lowest BCUT2D eigenvalue weighted by Gasteiger charge is -2.39. The lowest BCUT2D eigenvalue weighted by atomic mass is 9.99. The highest BCUT2D eigenvalue weighted by Crippen LogP contribution is 2.39. The van der Waals surface area contributed by atoms with Crippen LogP contribution in [-0.4, -0.2) is 42.5 Å². The van der Waals surface area contributed by atoms with Gasteiger partial charge < -0.3 is 15.4 Å². The number of amides is 2. The molecule has 1 aliphatic rings. The maximum atomic E-state index is 12.9. The van der Waals surface area contributed by atoms with Crippen LogP contribution in [-0.2, 0) is 9.59 Å². The molecule has 0 saturated carbocycles. The van der Waals surface area contributed by atoms with Crippen molar-refractivity contribution in [3.8, 4) is 5.75 Å². The van der Waals surface area contributed by atoms with E-state index in [1.165, 1.54) is 4.90 Å². The van der Waals surface area contributed by atoms with Crippen molar-refractivity contribution in [3.05, 3.63) is 23.8 Å². The summed E-state index contributed by atoms with van der Waals surface area (Å²) in [5.74, 6) is 0.302. The van der Waals surface area contributed by atoms with Crippen molar-refractivity contribution in [2.24, 2.45) is 5.73 Å². The quantitative estimate of drug-likeness (QED) is 0.810. The number of hydrogen-bond acceptors (Lipinski definition) is 4. The van der Waals surface area contributed by atoms with Crippen LogP contribution in [0.5, 0.6) is 5.75 Å². The number of nitrogens with two attached hydrogens (primary N) is 1. The molecule has 144 valence electrons. The lowest BCUT2D eigenvalue weighted by Crippen LogP contribution is -2.55. The monoisotopic (exact) mass is 361 g/mol. The maximum Gasteiger partial charge on any atom is 0.271 e. The summed E-state index contributed by atoms with van der Waals surface area (Å²) in [5.41, 5.74) is 6.68. The molecule has 0 saturated heterocycles. The van der Waals surface area contributed by atoms with Crippen LogP contribution >= 0.6 is 0 Å². The molecule has 1 aromatic rings. The molecule has 2 rings (SSSR count). The van der Waals surface area contributed by atoms with Gasteiger partial charge in [0, 0.05) is 19.6 Å². The Hall–Kier alpha value is -2.08. The number of fused-ring (bicyclic) bond motifs is 1. The van der Waals surface area contributed by atoms with E-state index < -0.39 is 5.60 Å². The average Bonchev–Trinajstić information content (AvgIpc) is 2.62. The van der Waals surface area contributed by atoms with Gasteiger partial charge in [0.25, 0.3) is 5.91 Å². The molecule has 0 aliphatic carbocycles. The third-order valence-electron chi connectivity index (χ3n) is 4.83. The van der Waals surface area contributed by atoms with E-state index in [0.29, 0.717) is 18.0 Å². The van der Waals surface area contributed by atoms with Crippen molar-refractivity contribution in [2.75, 3.05) is 25.0 Å². The Kier molecular flexibility index (Phi) is 6.29. The Morgan fingerprint density at radius 3 is 2.65 bits per heavy atom. The van der Waals surface area contributed by atoms with Gasteiger partial charge >= 0.3 is 0 Å². The number of nitrogens with zero attached hydrogens (tertiary/aromatic N) is 2. The number of carbonyl (C=O) groups excluding carboxylic acids is 2. The summed E-state index contributed by atoms with van der Waals surface area (Å²) < 4.78 is 5.88. The van der Waals surface area contributed by atoms with E-state index in [1.807, 2.05) is 25.1 Å². The van der Waals surface area contributed by atoms with Crippen LogP contribution in [0.25, 0.3) is 0 Å². The molecule has 1 unspecified atom stereocenters. The van der Waals surface area contributed by atoms with Crippen molar-refractivity contribution >= 4 is 17.5 Å². The highest BCUT2D eigenvalue weighted by atomic mass is 16.5. The number of benzene rings is 1. The molecule has 2 amide bonds. The summed E-state index contributed by atoms with van der Waals surface area (Å²) >= 11 is 0. The van der Waals surface area contributed by atoms with Crippen LogP contribution < -0.4 is 15.4 Å². The minimum Gasteiger partial charge on any atom is -0.476 e. The van der Waals surface area contributed by atoms with Crippen LogP contribution in [0, 0.1) is 0 Å². The van der Waals surface area contributed by atoms with Crippen LogP contribution in [0.1, 0.15) is 58.6 Å². The number of unbranched alkanes of at least 4 members (excludes halogenated alkanes) is 1. The van der Waals surface area contributed by atoms with Crippen LogP contribution in [0.3, 0.4) is 0 Å². The molecule has 26 heavy (non-hydrogen) atoms. The molecular weight excluding hydrogens is 330 g/mol. The Bertz CT molecular complexity index is 672. The van der Waals surface area contributed by atoms with E-state index in [1.54, 1.807) is 25.8 Å². The third kappa shape index (κ3) is 4.18. The van der Waals surface area contributed by atoms with Crippen molar-refractivity contribution in [1.82, 2.24) is 4.90 Å². The first-order chi connectivity index (χ1) is 12.2. The zero-order valence-corrected chi connectivity index (χ0v) is 16.5. The summed E-state index contributed by atoms with van der Waals surface area (Å²) in [4.78, 5) is 28.8. The minimum atomic E-state index is -1.01. The normalized spacial score (nSPS) is 16.7. The van der Waals surface area contributed by atoms with Crippen LogP contribution in [0.4, 0.5) is 5.69 Å². The van der Waals surface area contributed by atoms with Crippen molar-refractivity contribution < 1.29 is 14.3 Å². The Labute approximate surface area is 156 Å². The maximum absolute atomic E-state index is 12.9. The Morgan fingerprint density at radius 2 is 2.04 bits per heavy atom. The van der Waals surface area contributed by atoms with E-state index in [0.717, 1.165) is 24.8 Å². The average molecular weight is 361 g/mol. The molecule has 0 radical (unpaired) electrons. The van der Waals surface area contributed by atoms with Crippen LogP contribution in [0.15, 0.2) is 18.2 Å². The van der Waals surface area contributed by atoms with Gasteiger partial charge in [0.2, 0.25) is 5.91 Å². The SMILES string of the molecule is CCCCN(C)C(=O)CN1C(=O)C(C)(C)Oc2ccc(C(N)CC)cc21. The van der Waals surface area contributed by atoms with Gasteiger partial charge in [-0.3, -0.25) is 14.5 Å². The first-order valence-electron chi connectivity index (χ1n) is 9.35. The minimum absolute atomic E-state index is 0.00363. The molecule has 6 nitrogen and oxygen atoms in total. The number of hydrogen-bond donors (Lipinski definition) is 1. The summed E-state index contributed by atoms with van der Waals surface area (Å²) in [6.07, 6.45) is 2.75. The second-order valence-electron chi connectivity index (χ2n) is 7.41. The molecule has 0 aromatic heterocycles. The van der Waals surface area contributed by atoms with Gasteiger partial charge in [-0.25, -0.2) is 0 Å². The zero-order chi connectivity index (χ0) is 19.5. The molecule has 2 N–H and O–H groups in total. The fourth-order valence-corrected chi connectivity index (χ4v) is 2.98. The number of ether oxygens (including phenoxy) is 1. The first-order valence-corrected chi connectivity index (χ1v) is 9.35. The molecule has 6 heteroatoms. The molecule has 1 atom stereocenters. The van der Waals surface area contributed by atoms with Gasteiger partial charge in [0.05, 0.1) is 5.69 Å². The number of likely N-dealkylation sites (N-methyl/N-ethyl adjacent to an activating group) is 1. The summed E-state index contributed by atoms with van der Waals surface area (Å²) in [6, 6.07) is 5.52. The van der Waals surface area contributed by atoms with E-state index in [9.17, 15) is 9.59 Å². The third-order valence-corrected chi connectivity index (χ3v) is 4.83. The molecule has 1 aliphatic heterocycles. The number of anilines is 1. The number of carbonyl (C=O) groups is 2. The van der Waals surface area contributed by atoms with E-state index in [2.05, 4.69) is 6.92 Å². The highest BCUT2D eigenvalue weighted by molar-refractivity contribution is 6.05. The van der Waals surface area contributed by atoms with Crippen molar-refractivity contribution in [3.63, 3.8) is 0 Å². The topological polar surface area (TPSA) is 75.9 Å². The molecule has 1 heterocycles. The van der Waals surface area contributed by atoms with Gasteiger partial charge in [-0.2, -0.15) is 0 Å². The summed E-state index contributed by atoms with van der Waals surface area (Å²) in [5, 5.41) is 0. The summed E-state index contributed by atoms with van der Waals surface area (Å²) in [6.45, 7) is 8.24. The second kappa shape index (κ2) is 8.08. The number of rotatable bonds is 7. The Balaban J connectivity index is 2.34. The standard InChI is InChI=1S/C20H31N3O3/c1-6-8-11-22(5)18(24)13-23-16-12-14(15(21)7-2)9-10-17(16)26-20(3,4)19(23)25/h9-10,12,15H,6-8,11,13,21H2,1-5H3. The smallest absolute Gasteiger partial charge is 0.271 e. The Morgan fingerprint density at radius 1 is 1.35 bits per heavy atom. The zero-order valence-electron chi connectivity index (χ0n) is 16.5. The molecule has 0 fully saturated rings.